The molecule has 0 saturated carbocycles. The van der Waals surface area contributed by atoms with Crippen molar-refractivity contribution < 1.29 is 9.47 Å². The predicted octanol–water partition coefficient (Wildman–Crippen LogP) is 3.57. The first-order valence-corrected chi connectivity index (χ1v) is 9.34. The number of rotatable bonds is 7. The summed E-state index contributed by atoms with van der Waals surface area (Å²) in [7, 11) is 1.70. The number of hydrogen-bond donors (Lipinski definition) is 2. The highest BCUT2D eigenvalue weighted by Gasteiger charge is 2.34. The zero-order chi connectivity index (χ0) is 18.1. The van der Waals surface area contributed by atoms with E-state index >= 15 is 0 Å². The summed E-state index contributed by atoms with van der Waals surface area (Å²) in [6, 6.07) is 8.43. The van der Waals surface area contributed by atoms with E-state index in [9.17, 15) is 0 Å². The molecule has 6 heteroatoms. The molecule has 0 radical (unpaired) electrons. The molecule has 26 heavy (non-hydrogen) atoms. The van der Waals surface area contributed by atoms with E-state index in [1.54, 1.807) is 7.11 Å². The lowest BCUT2D eigenvalue weighted by atomic mass is 9.74. The SMILES string of the molecule is CCNC(=NCC1(c2ccc(OC)cc2)CCOCC1)NCC(C)C.I. The lowest BCUT2D eigenvalue weighted by molar-refractivity contribution is 0.0531. The standard InChI is InChI=1S/C20H33N3O2.HI/c1-5-21-19(22-14-16(2)3)23-15-20(10-12-25-13-11-20)17-6-8-18(24-4)9-7-17;/h6-9,16H,5,10-15H2,1-4H3,(H2,21,22,23);1H. The van der Waals surface area contributed by atoms with Gasteiger partial charge in [-0.2, -0.15) is 0 Å². The molecule has 0 unspecified atom stereocenters. The number of aliphatic imine (C=N–C) groups is 1. The Kier molecular flexibility index (Phi) is 10.3. The molecular formula is C20H34IN3O2. The normalized spacial score (nSPS) is 16.7. The van der Waals surface area contributed by atoms with Crippen LogP contribution in [0, 0.1) is 5.92 Å². The minimum absolute atomic E-state index is 0. The summed E-state index contributed by atoms with van der Waals surface area (Å²) in [6.45, 7) is 10.6. The van der Waals surface area contributed by atoms with Crippen LogP contribution in [-0.4, -0.2) is 45.9 Å². The molecule has 1 aromatic carbocycles. The number of guanidine groups is 1. The zero-order valence-electron chi connectivity index (χ0n) is 16.5. The van der Waals surface area contributed by atoms with Gasteiger partial charge in [0, 0.05) is 31.7 Å². The molecule has 148 valence electrons. The average molecular weight is 475 g/mol. The number of halogens is 1. The van der Waals surface area contributed by atoms with Gasteiger partial charge >= 0.3 is 0 Å². The van der Waals surface area contributed by atoms with Gasteiger partial charge in [0.25, 0.3) is 0 Å². The van der Waals surface area contributed by atoms with E-state index in [4.69, 9.17) is 14.5 Å². The number of ether oxygens (including phenoxy) is 2. The minimum Gasteiger partial charge on any atom is -0.497 e. The molecule has 0 amide bonds. The molecule has 1 saturated heterocycles. The van der Waals surface area contributed by atoms with Gasteiger partial charge in [0.15, 0.2) is 5.96 Å². The second-order valence-corrected chi connectivity index (χ2v) is 7.09. The van der Waals surface area contributed by atoms with Crippen molar-refractivity contribution in [2.45, 2.75) is 39.0 Å². The molecule has 2 rings (SSSR count). The monoisotopic (exact) mass is 475 g/mol. The molecule has 1 aliphatic rings. The van der Waals surface area contributed by atoms with Crippen molar-refractivity contribution in [2.75, 3.05) is 40.0 Å². The fourth-order valence-corrected chi connectivity index (χ4v) is 3.12. The summed E-state index contributed by atoms with van der Waals surface area (Å²) in [6.07, 6.45) is 1.98. The summed E-state index contributed by atoms with van der Waals surface area (Å²) < 4.78 is 10.9. The number of nitrogens with one attached hydrogen (secondary N) is 2. The lowest BCUT2D eigenvalue weighted by Crippen LogP contribution is -2.42. The number of hydrogen-bond acceptors (Lipinski definition) is 3. The van der Waals surface area contributed by atoms with Crippen molar-refractivity contribution in [2.24, 2.45) is 10.9 Å². The van der Waals surface area contributed by atoms with Gasteiger partial charge in [-0.3, -0.25) is 4.99 Å². The summed E-state index contributed by atoms with van der Waals surface area (Å²) >= 11 is 0. The van der Waals surface area contributed by atoms with Crippen molar-refractivity contribution >= 4 is 29.9 Å². The Labute approximate surface area is 175 Å². The van der Waals surface area contributed by atoms with Crippen molar-refractivity contribution in [1.29, 1.82) is 0 Å². The molecular weight excluding hydrogens is 441 g/mol. The molecule has 2 N–H and O–H groups in total. The van der Waals surface area contributed by atoms with E-state index in [1.165, 1.54) is 5.56 Å². The highest BCUT2D eigenvalue weighted by molar-refractivity contribution is 14.0. The topological polar surface area (TPSA) is 54.9 Å². The first kappa shape index (κ1) is 23.0. The molecule has 1 fully saturated rings. The van der Waals surface area contributed by atoms with Gasteiger partial charge in [0.2, 0.25) is 0 Å². The van der Waals surface area contributed by atoms with E-state index < -0.39 is 0 Å². The Morgan fingerprint density at radius 2 is 1.85 bits per heavy atom. The zero-order valence-corrected chi connectivity index (χ0v) is 18.8. The van der Waals surface area contributed by atoms with E-state index in [0.29, 0.717) is 5.92 Å². The maximum atomic E-state index is 5.62. The third kappa shape index (κ3) is 6.61. The van der Waals surface area contributed by atoms with Crippen LogP contribution in [0.3, 0.4) is 0 Å². The molecule has 0 aromatic heterocycles. The Balaban J connectivity index is 0.00000338. The second-order valence-electron chi connectivity index (χ2n) is 7.09. The molecule has 1 heterocycles. The second kappa shape index (κ2) is 11.6. The van der Waals surface area contributed by atoms with Crippen LogP contribution >= 0.6 is 24.0 Å². The van der Waals surface area contributed by atoms with Gasteiger partial charge in [-0.15, -0.1) is 24.0 Å². The van der Waals surface area contributed by atoms with Crippen LogP contribution in [0.25, 0.3) is 0 Å². The number of methoxy groups -OCH3 is 1. The van der Waals surface area contributed by atoms with Gasteiger partial charge in [0.1, 0.15) is 5.75 Å². The Hall–Kier alpha value is -1.02. The third-order valence-corrected chi connectivity index (χ3v) is 4.71. The van der Waals surface area contributed by atoms with Gasteiger partial charge < -0.3 is 20.1 Å². The molecule has 5 nitrogen and oxygen atoms in total. The molecule has 0 aliphatic carbocycles. The van der Waals surface area contributed by atoms with Crippen molar-refractivity contribution in [1.82, 2.24) is 10.6 Å². The molecule has 1 aliphatic heterocycles. The minimum atomic E-state index is 0. The van der Waals surface area contributed by atoms with Crippen molar-refractivity contribution in [3.05, 3.63) is 29.8 Å². The predicted molar refractivity (Wildman–Crippen MR) is 119 cm³/mol. The lowest BCUT2D eigenvalue weighted by Gasteiger charge is -2.36. The Bertz CT molecular complexity index is 540. The highest BCUT2D eigenvalue weighted by Crippen LogP contribution is 2.36. The maximum Gasteiger partial charge on any atom is 0.191 e. The average Bonchev–Trinajstić information content (AvgIpc) is 2.64. The summed E-state index contributed by atoms with van der Waals surface area (Å²) in [5, 5.41) is 6.79. The van der Waals surface area contributed by atoms with Gasteiger partial charge in [-0.05, 0) is 43.4 Å². The molecule has 0 atom stereocenters. The Morgan fingerprint density at radius 3 is 2.38 bits per heavy atom. The van der Waals surface area contributed by atoms with Gasteiger partial charge in [-0.25, -0.2) is 0 Å². The van der Waals surface area contributed by atoms with Gasteiger partial charge in [-0.1, -0.05) is 26.0 Å². The van der Waals surface area contributed by atoms with Crippen LogP contribution in [0.15, 0.2) is 29.3 Å². The number of benzene rings is 1. The number of nitrogens with zero attached hydrogens (tertiary/aromatic N) is 1. The quantitative estimate of drug-likeness (QED) is 0.360. The molecule has 1 aromatic rings. The molecule has 0 bridgehead atoms. The summed E-state index contributed by atoms with van der Waals surface area (Å²) in [4.78, 5) is 4.91. The summed E-state index contributed by atoms with van der Waals surface area (Å²) in [5.41, 5.74) is 1.35. The highest BCUT2D eigenvalue weighted by atomic mass is 127. The first-order valence-electron chi connectivity index (χ1n) is 9.34. The maximum absolute atomic E-state index is 5.62. The van der Waals surface area contributed by atoms with E-state index in [1.807, 2.05) is 12.1 Å². The van der Waals surface area contributed by atoms with Crippen LogP contribution in [0.1, 0.15) is 39.2 Å². The van der Waals surface area contributed by atoms with Gasteiger partial charge in [0.05, 0.1) is 13.7 Å². The molecule has 0 spiro atoms. The van der Waals surface area contributed by atoms with Crippen LogP contribution in [0.2, 0.25) is 0 Å². The van der Waals surface area contributed by atoms with Crippen LogP contribution in [0.5, 0.6) is 5.75 Å². The largest absolute Gasteiger partial charge is 0.497 e. The third-order valence-electron chi connectivity index (χ3n) is 4.71. The smallest absolute Gasteiger partial charge is 0.191 e. The fourth-order valence-electron chi connectivity index (χ4n) is 3.12. The van der Waals surface area contributed by atoms with Crippen molar-refractivity contribution in [3.63, 3.8) is 0 Å². The van der Waals surface area contributed by atoms with E-state index in [-0.39, 0.29) is 29.4 Å². The van der Waals surface area contributed by atoms with Crippen LogP contribution in [0.4, 0.5) is 0 Å². The first-order chi connectivity index (χ1) is 12.1. The fraction of sp³-hybridized carbons (Fsp3) is 0.650. The van der Waals surface area contributed by atoms with E-state index in [0.717, 1.165) is 57.4 Å². The van der Waals surface area contributed by atoms with Crippen LogP contribution in [-0.2, 0) is 10.2 Å². The van der Waals surface area contributed by atoms with Crippen LogP contribution < -0.4 is 15.4 Å². The summed E-state index contributed by atoms with van der Waals surface area (Å²) in [5.74, 6) is 2.37. The van der Waals surface area contributed by atoms with Crippen molar-refractivity contribution in [3.8, 4) is 5.75 Å². The Morgan fingerprint density at radius 1 is 1.19 bits per heavy atom. The van der Waals surface area contributed by atoms with E-state index in [2.05, 4.69) is 43.5 Å².